The van der Waals surface area contributed by atoms with Crippen molar-refractivity contribution in [1.82, 2.24) is 10.6 Å². The lowest BCUT2D eigenvalue weighted by molar-refractivity contribution is 0.0166. The molecule has 2 fully saturated rings. The maximum atomic E-state index is 5.52. The van der Waals surface area contributed by atoms with Crippen molar-refractivity contribution in [3.05, 3.63) is 0 Å². The van der Waals surface area contributed by atoms with Crippen LogP contribution in [0.2, 0.25) is 0 Å². The Morgan fingerprint density at radius 3 is 2.50 bits per heavy atom. The first-order valence-corrected chi connectivity index (χ1v) is 6.83. The van der Waals surface area contributed by atoms with Crippen LogP contribution in [0.3, 0.4) is 0 Å². The van der Waals surface area contributed by atoms with Crippen LogP contribution in [0, 0.1) is 0 Å². The van der Waals surface area contributed by atoms with Gasteiger partial charge in [0.2, 0.25) is 0 Å². The van der Waals surface area contributed by atoms with E-state index in [-0.39, 0.29) is 0 Å². The predicted molar refractivity (Wildman–Crippen MR) is 69.6 cm³/mol. The van der Waals surface area contributed by atoms with Gasteiger partial charge in [0, 0.05) is 18.7 Å². The summed E-state index contributed by atoms with van der Waals surface area (Å²) in [5.41, 5.74) is 0. The maximum absolute atomic E-state index is 5.52. The highest BCUT2D eigenvalue weighted by molar-refractivity contribution is 7.80. The summed E-state index contributed by atoms with van der Waals surface area (Å²) in [6.45, 7) is 2.98. The minimum Gasteiger partial charge on any atom is -0.378 e. The fourth-order valence-electron chi connectivity index (χ4n) is 2.61. The maximum Gasteiger partial charge on any atom is 0.166 e. The van der Waals surface area contributed by atoms with Crippen molar-refractivity contribution in [1.29, 1.82) is 0 Å². The Hall–Kier alpha value is -0.350. The molecule has 3 nitrogen and oxygen atoms in total. The molecule has 0 aromatic carbocycles. The Kier molecular flexibility index (Phi) is 4.41. The molecule has 2 rings (SSSR count). The molecular formula is C12H22N2OS. The molecule has 0 spiro atoms. The molecule has 0 bridgehead atoms. The molecule has 2 N–H and O–H groups in total. The number of rotatable bonds is 2. The summed E-state index contributed by atoms with van der Waals surface area (Å²) >= 11 is 5.35. The monoisotopic (exact) mass is 242 g/mol. The smallest absolute Gasteiger partial charge is 0.166 e. The van der Waals surface area contributed by atoms with Crippen LogP contribution in [0.25, 0.3) is 0 Å². The zero-order chi connectivity index (χ0) is 11.4. The summed E-state index contributed by atoms with van der Waals surface area (Å²) in [6.07, 6.45) is 7.71. The Morgan fingerprint density at radius 2 is 1.81 bits per heavy atom. The lowest BCUT2D eigenvalue weighted by atomic mass is 10.0. The molecule has 1 saturated carbocycles. The van der Waals surface area contributed by atoms with E-state index in [1.165, 1.54) is 25.7 Å². The molecule has 2 atom stereocenters. The number of thiocarbonyl (C=S) groups is 1. The van der Waals surface area contributed by atoms with Gasteiger partial charge < -0.3 is 15.4 Å². The van der Waals surface area contributed by atoms with Gasteiger partial charge in [0.1, 0.15) is 0 Å². The van der Waals surface area contributed by atoms with Gasteiger partial charge in [-0.15, -0.1) is 0 Å². The Morgan fingerprint density at radius 1 is 1.12 bits per heavy atom. The lowest BCUT2D eigenvalue weighted by Gasteiger charge is -2.29. The van der Waals surface area contributed by atoms with Crippen LogP contribution in [-0.2, 0) is 4.74 Å². The van der Waals surface area contributed by atoms with Gasteiger partial charge in [-0.05, 0) is 44.8 Å². The van der Waals surface area contributed by atoms with Gasteiger partial charge in [-0.3, -0.25) is 0 Å². The van der Waals surface area contributed by atoms with Gasteiger partial charge >= 0.3 is 0 Å². The number of nitrogens with one attached hydrogen (secondary N) is 2. The Balaban J connectivity index is 1.69. The van der Waals surface area contributed by atoms with E-state index >= 15 is 0 Å². The average molecular weight is 242 g/mol. The van der Waals surface area contributed by atoms with Gasteiger partial charge in [-0.2, -0.15) is 0 Å². The van der Waals surface area contributed by atoms with Gasteiger partial charge in [0.05, 0.1) is 6.10 Å². The molecule has 2 aliphatic rings. The highest BCUT2D eigenvalue weighted by Crippen LogP contribution is 2.18. The first-order chi connectivity index (χ1) is 7.74. The topological polar surface area (TPSA) is 33.3 Å². The van der Waals surface area contributed by atoms with Crippen molar-refractivity contribution in [2.75, 3.05) is 6.61 Å². The fourth-order valence-corrected chi connectivity index (χ4v) is 2.95. The largest absolute Gasteiger partial charge is 0.378 e. The fraction of sp³-hybridized carbons (Fsp3) is 0.917. The van der Waals surface area contributed by atoms with E-state index in [0.717, 1.165) is 24.6 Å². The number of hydrogen-bond donors (Lipinski definition) is 2. The second kappa shape index (κ2) is 5.82. The second-order valence-electron chi connectivity index (χ2n) is 5.00. The summed E-state index contributed by atoms with van der Waals surface area (Å²) < 4.78 is 5.52. The van der Waals surface area contributed by atoms with Gasteiger partial charge in [-0.25, -0.2) is 0 Å². The summed E-state index contributed by atoms with van der Waals surface area (Å²) in [4.78, 5) is 0. The summed E-state index contributed by atoms with van der Waals surface area (Å²) in [6, 6.07) is 1.10. The van der Waals surface area contributed by atoms with Crippen molar-refractivity contribution in [2.45, 2.75) is 63.6 Å². The molecule has 1 heterocycles. The summed E-state index contributed by atoms with van der Waals surface area (Å²) in [7, 11) is 0. The third kappa shape index (κ3) is 3.59. The Bertz CT molecular complexity index is 241. The van der Waals surface area contributed by atoms with Crippen molar-refractivity contribution >= 4 is 17.3 Å². The standard InChI is InChI=1S/C12H22N2OS/c1-9-8-11(6-7-15-9)14-12(16)13-10-4-2-3-5-10/h9-11H,2-8H2,1H3,(H2,13,14,16). The predicted octanol–water partition coefficient (Wildman–Crippen LogP) is 1.96. The average Bonchev–Trinajstić information content (AvgIpc) is 2.70. The molecule has 16 heavy (non-hydrogen) atoms. The van der Waals surface area contributed by atoms with Crippen molar-refractivity contribution in [3.63, 3.8) is 0 Å². The molecule has 0 amide bonds. The van der Waals surface area contributed by atoms with E-state index in [2.05, 4.69) is 17.6 Å². The first-order valence-electron chi connectivity index (χ1n) is 6.42. The van der Waals surface area contributed by atoms with E-state index in [1.54, 1.807) is 0 Å². The van der Waals surface area contributed by atoms with Crippen LogP contribution < -0.4 is 10.6 Å². The molecule has 1 aliphatic heterocycles. The van der Waals surface area contributed by atoms with E-state index < -0.39 is 0 Å². The van der Waals surface area contributed by atoms with Crippen LogP contribution in [-0.4, -0.2) is 29.9 Å². The van der Waals surface area contributed by atoms with E-state index in [4.69, 9.17) is 17.0 Å². The molecule has 4 heteroatoms. The number of hydrogen-bond acceptors (Lipinski definition) is 2. The normalized spacial score (nSPS) is 31.3. The molecule has 2 unspecified atom stereocenters. The molecule has 0 aromatic rings. The van der Waals surface area contributed by atoms with Crippen LogP contribution in [0.15, 0.2) is 0 Å². The zero-order valence-corrected chi connectivity index (χ0v) is 10.8. The van der Waals surface area contributed by atoms with Crippen LogP contribution in [0.5, 0.6) is 0 Å². The second-order valence-corrected chi connectivity index (χ2v) is 5.41. The van der Waals surface area contributed by atoms with Crippen molar-refractivity contribution in [3.8, 4) is 0 Å². The molecule has 0 aromatic heterocycles. The van der Waals surface area contributed by atoms with E-state index in [0.29, 0.717) is 18.2 Å². The van der Waals surface area contributed by atoms with Gasteiger partial charge in [-0.1, -0.05) is 12.8 Å². The lowest BCUT2D eigenvalue weighted by Crippen LogP contribution is -2.48. The van der Waals surface area contributed by atoms with Crippen molar-refractivity contribution < 1.29 is 4.74 Å². The first kappa shape index (κ1) is 12.1. The number of ether oxygens (including phenoxy) is 1. The Labute approximate surface area is 103 Å². The van der Waals surface area contributed by atoms with Crippen LogP contribution in [0.1, 0.15) is 45.4 Å². The molecular weight excluding hydrogens is 220 g/mol. The van der Waals surface area contributed by atoms with Crippen LogP contribution in [0.4, 0.5) is 0 Å². The highest BCUT2D eigenvalue weighted by atomic mass is 32.1. The highest BCUT2D eigenvalue weighted by Gasteiger charge is 2.21. The van der Waals surface area contributed by atoms with Crippen LogP contribution >= 0.6 is 12.2 Å². The molecule has 0 radical (unpaired) electrons. The molecule has 1 saturated heterocycles. The van der Waals surface area contributed by atoms with Crippen molar-refractivity contribution in [2.24, 2.45) is 0 Å². The zero-order valence-electron chi connectivity index (χ0n) is 10.00. The summed E-state index contributed by atoms with van der Waals surface area (Å²) in [5, 5.41) is 7.68. The molecule has 1 aliphatic carbocycles. The minimum absolute atomic E-state index is 0.362. The van der Waals surface area contributed by atoms with Gasteiger partial charge in [0.15, 0.2) is 5.11 Å². The quantitative estimate of drug-likeness (QED) is 0.725. The van der Waals surface area contributed by atoms with Gasteiger partial charge in [0.25, 0.3) is 0 Å². The minimum atomic E-state index is 0.362. The third-order valence-electron chi connectivity index (χ3n) is 3.51. The third-order valence-corrected chi connectivity index (χ3v) is 3.75. The van der Waals surface area contributed by atoms with E-state index in [1.807, 2.05) is 0 Å². The summed E-state index contributed by atoms with van der Waals surface area (Å²) in [5.74, 6) is 0. The SMILES string of the molecule is CC1CC(NC(=S)NC2CCCC2)CCO1. The van der Waals surface area contributed by atoms with E-state index in [9.17, 15) is 0 Å². The molecule has 92 valence electrons.